The summed E-state index contributed by atoms with van der Waals surface area (Å²) < 4.78 is 37.1. The van der Waals surface area contributed by atoms with Crippen molar-refractivity contribution in [2.24, 2.45) is 0 Å². The smallest absolute Gasteiger partial charge is 0.396 e. The molecule has 1 rings (SSSR count). The molecule has 0 saturated carbocycles. The molecule has 1 saturated heterocycles. The zero-order chi connectivity index (χ0) is 13.4. The van der Waals surface area contributed by atoms with Crippen LogP contribution in [-0.4, -0.2) is 67.0 Å². The van der Waals surface area contributed by atoms with Gasteiger partial charge < -0.3 is 10.0 Å². The van der Waals surface area contributed by atoms with Crippen LogP contribution in [0.1, 0.15) is 25.7 Å². The molecule has 0 unspecified atom stereocenters. The number of likely N-dealkylation sites (tertiary alicyclic amines) is 1. The number of aliphatic hydroxyl groups excluding tert-OH is 1. The molecule has 1 fully saturated rings. The van der Waals surface area contributed by atoms with Crippen LogP contribution < -0.4 is 0 Å². The molecule has 108 valence electrons. The summed E-state index contributed by atoms with van der Waals surface area (Å²) in [6, 6.07) is 0. The minimum atomic E-state index is -4.16. The molecule has 0 spiro atoms. The minimum Gasteiger partial charge on any atom is -0.396 e. The summed E-state index contributed by atoms with van der Waals surface area (Å²) in [4.78, 5) is 3.62. The molecule has 3 nitrogen and oxygen atoms in total. The fourth-order valence-electron chi connectivity index (χ4n) is 2.28. The number of nitrogens with zero attached hydrogens (tertiary/aromatic N) is 2. The second kappa shape index (κ2) is 7.96. The number of alkyl halides is 3. The average Bonchev–Trinajstić information content (AvgIpc) is 2.32. The van der Waals surface area contributed by atoms with Crippen LogP contribution in [0, 0.1) is 0 Å². The molecule has 6 heteroatoms. The van der Waals surface area contributed by atoms with Gasteiger partial charge in [-0.25, -0.2) is 0 Å². The van der Waals surface area contributed by atoms with Crippen LogP contribution in [0.4, 0.5) is 13.2 Å². The predicted molar refractivity (Wildman–Crippen MR) is 64.5 cm³/mol. The maximum Gasteiger partial charge on any atom is 0.401 e. The maximum atomic E-state index is 12.4. The summed E-state index contributed by atoms with van der Waals surface area (Å²) in [5.74, 6) is 0. The van der Waals surface area contributed by atoms with Gasteiger partial charge in [-0.15, -0.1) is 0 Å². The van der Waals surface area contributed by atoms with Crippen molar-refractivity contribution in [3.63, 3.8) is 0 Å². The first-order chi connectivity index (χ1) is 8.51. The first-order valence-corrected chi connectivity index (χ1v) is 6.63. The molecule has 0 radical (unpaired) electrons. The van der Waals surface area contributed by atoms with Gasteiger partial charge in [0.25, 0.3) is 0 Å². The summed E-state index contributed by atoms with van der Waals surface area (Å²) in [5.41, 5.74) is 0. The van der Waals surface area contributed by atoms with E-state index in [4.69, 9.17) is 5.11 Å². The first-order valence-electron chi connectivity index (χ1n) is 6.63. The first kappa shape index (κ1) is 15.7. The lowest BCUT2D eigenvalue weighted by atomic mass is 10.1. The van der Waals surface area contributed by atoms with Gasteiger partial charge in [0, 0.05) is 26.2 Å². The zero-order valence-electron chi connectivity index (χ0n) is 10.8. The molecule has 0 aromatic carbocycles. The highest BCUT2D eigenvalue weighted by Crippen LogP contribution is 2.17. The number of aliphatic hydroxyl groups is 1. The van der Waals surface area contributed by atoms with Crippen molar-refractivity contribution < 1.29 is 18.3 Å². The fourth-order valence-corrected chi connectivity index (χ4v) is 2.28. The van der Waals surface area contributed by atoms with E-state index < -0.39 is 12.7 Å². The van der Waals surface area contributed by atoms with Gasteiger partial charge in [-0.05, 0) is 32.4 Å². The molecule has 0 aromatic rings. The van der Waals surface area contributed by atoms with E-state index in [1.165, 1.54) is 11.3 Å². The van der Waals surface area contributed by atoms with Crippen molar-refractivity contribution in [2.45, 2.75) is 31.9 Å². The van der Waals surface area contributed by atoms with Crippen LogP contribution in [0.3, 0.4) is 0 Å². The van der Waals surface area contributed by atoms with Crippen molar-refractivity contribution in [1.82, 2.24) is 9.80 Å². The number of piperidine rings is 1. The molecule has 0 atom stereocenters. The molecule has 0 amide bonds. The number of rotatable bonds is 7. The number of hydrogen-bond acceptors (Lipinski definition) is 3. The Kier molecular flexibility index (Phi) is 6.96. The Hall–Kier alpha value is -0.330. The molecule has 0 bridgehead atoms. The third-order valence-corrected chi connectivity index (χ3v) is 3.22. The van der Waals surface area contributed by atoms with E-state index in [-0.39, 0.29) is 6.61 Å². The van der Waals surface area contributed by atoms with Crippen molar-refractivity contribution in [3.8, 4) is 0 Å². The molecular formula is C12H23F3N2O. The largest absolute Gasteiger partial charge is 0.401 e. The SMILES string of the molecule is OCCCN(CCN1CCCCC1)CC(F)(F)F. The Balaban J connectivity index is 2.29. The van der Waals surface area contributed by atoms with Crippen molar-refractivity contribution in [1.29, 1.82) is 0 Å². The second-order valence-electron chi connectivity index (χ2n) is 4.87. The molecular weight excluding hydrogens is 245 g/mol. The van der Waals surface area contributed by atoms with Crippen LogP contribution in [0.15, 0.2) is 0 Å². The molecule has 18 heavy (non-hydrogen) atoms. The van der Waals surface area contributed by atoms with Crippen LogP contribution >= 0.6 is 0 Å². The minimum absolute atomic E-state index is 0.0575. The van der Waals surface area contributed by atoms with Crippen LogP contribution in [0.25, 0.3) is 0 Å². The number of hydrogen-bond donors (Lipinski definition) is 1. The predicted octanol–water partition coefficient (Wildman–Crippen LogP) is 1.72. The third-order valence-electron chi connectivity index (χ3n) is 3.22. The third kappa shape index (κ3) is 7.18. The zero-order valence-corrected chi connectivity index (χ0v) is 10.8. The second-order valence-corrected chi connectivity index (χ2v) is 4.87. The Morgan fingerprint density at radius 1 is 1.06 bits per heavy atom. The lowest BCUT2D eigenvalue weighted by molar-refractivity contribution is -0.146. The van der Waals surface area contributed by atoms with Gasteiger partial charge in [0.05, 0.1) is 6.54 Å². The van der Waals surface area contributed by atoms with E-state index in [1.807, 2.05) is 0 Å². The normalized spacial score (nSPS) is 18.5. The quantitative estimate of drug-likeness (QED) is 0.761. The highest BCUT2D eigenvalue weighted by Gasteiger charge is 2.30. The summed E-state index contributed by atoms with van der Waals surface area (Å²) in [7, 11) is 0. The van der Waals surface area contributed by atoms with E-state index in [2.05, 4.69) is 4.90 Å². The summed E-state index contributed by atoms with van der Waals surface area (Å²) in [6.45, 7) is 2.50. The summed E-state index contributed by atoms with van der Waals surface area (Å²) >= 11 is 0. The summed E-state index contributed by atoms with van der Waals surface area (Å²) in [6.07, 6.45) is -0.230. The average molecular weight is 268 g/mol. The summed E-state index contributed by atoms with van der Waals surface area (Å²) in [5, 5.41) is 8.71. The Morgan fingerprint density at radius 3 is 2.28 bits per heavy atom. The van der Waals surface area contributed by atoms with E-state index >= 15 is 0 Å². The van der Waals surface area contributed by atoms with Crippen molar-refractivity contribution in [3.05, 3.63) is 0 Å². The van der Waals surface area contributed by atoms with Crippen molar-refractivity contribution in [2.75, 3.05) is 45.9 Å². The van der Waals surface area contributed by atoms with Gasteiger partial charge in [-0.3, -0.25) is 4.90 Å². The Labute approximate surface area is 107 Å². The topological polar surface area (TPSA) is 26.7 Å². The standard InChI is InChI=1S/C12H23F3N2O/c13-12(14,15)11-17(7-4-10-18)9-8-16-5-2-1-3-6-16/h18H,1-11H2. The van der Waals surface area contributed by atoms with Gasteiger partial charge in [-0.1, -0.05) is 6.42 Å². The van der Waals surface area contributed by atoms with E-state index in [0.717, 1.165) is 25.9 Å². The fraction of sp³-hybridized carbons (Fsp3) is 1.00. The molecule has 0 aliphatic carbocycles. The van der Waals surface area contributed by atoms with Gasteiger partial charge in [-0.2, -0.15) is 13.2 Å². The van der Waals surface area contributed by atoms with Crippen LogP contribution in [0.5, 0.6) is 0 Å². The molecule has 1 aliphatic heterocycles. The van der Waals surface area contributed by atoms with Gasteiger partial charge in [0.15, 0.2) is 0 Å². The monoisotopic (exact) mass is 268 g/mol. The van der Waals surface area contributed by atoms with Crippen LogP contribution in [0.2, 0.25) is 0 Å². The number of halogens is 3. The van der Waals surface area contributed by atoms with E-state index in [0.29, 0.717) is 26.1 Å². The maximum absolute atomic E-state index is 12.4. The molecule has 1 N–H and O–H groups in total. The Morgan fingerprint density at radius 2 is 1.72 bits per heavy atom. The lowest BCUT2D eigenvalue weighted by Gasteiger charge is -2.30. The highest BCUT2D eigenvalue weighted by molar-refractivity contribution is 4.69. The Bertz CT molecular complexity index is 218. The van der Waals surface area contributed by atoms with Crippen LogP contribution in [-0.2, 0) is 0 Å². The van der Waals surface area contributed by atoms with Gasteiger partial charge in [0.1, 0.15) is 0 Å². The molecule has 1 aliphatic rings. The van der Waals surface area contributed by atoms with Gasteiger partial charge in [0.2, 0.25) is 0 Å². The molecule has 1 heterocycles. The highest BCUT2D eigenvalue weighted by atomic mass is 19.4. The van der Waals surface area contributed by atoms with Gasteiger partial charge >= 0.3 is 6.18 Å². The van der Waals surface area contributed by atoms with E-state index in [1.54, 1.807) is 0 Å². The van der Waals surface area contributed by atoms with Crippen molar-refractivity contribution >= 4 is 0 Å². The molecule has 0 aromatic heterocycles. The van der Waals surface area contributed by atoms with E-state index in [9.17, 15) is 13.2 Å². The lowest BCUT2D eigenvalue weighted by Crippen LogP contribution is -2.42.